The molecule has 2 aliphatic heterocycles. The number of pyridine rings is 1. The Hall–Kier alpha value is -2.89. The Bertz CT molecular complexity index is 1010. The number of carbonyl (C=O) groups is 1. The van der Waals surface area contributed by atoms with E-state index in [-0.39, 0.29) is 36.1 Å². The SMILES string of the molecule is Cc1ncc(F)c2c1C[C@@H](CNCC[C@@H]1CN(c3cnc4c(n3)NC(=O)CO4)C(O)O1)C2. The molecule has 2 aromatic heterocycles. The summed E-state index contributed by atoms with van der Waals surface area (Å²) in [5.74, 6) is 0.715. The number of halogens is 1. The van der Waals surface area contributed by atoms with Gasteiger partial charge in [-0.05, 0) is 56.3 Å². The maximum atomic E-state index is 14.0. The lowest BCUT2D eigenvalue weighted by Crippen LogP contribution is -2.32. The van der Waals surface area contributed by atoms with E-state index >= 15 is 0 Å². The second-order valence-corrected chi connectivity index (χ2v) is 8.37. The molecular formula is C21H25FN6O4. The Morgan fingerprint density at radius 3 is 3.00 bits per heavy atom. The number of aliphatic hydroxyl groups excluding tert-OH is 1. The van der Waals surface area contributed by atoms with Crippen molar-refractivity contribution >= 4 is 17.5 Å². The number of aryl methyl sites for hydroxylation is 1. The minimum atomic E-state index is -1.14. The van der Waals surface area contributed by atoms with Gasteiger partial charge in [-0.2, -0.15) is 0 Å². The number of rotatable bonds is 6. The second-order valence-electron chi connectivity index (χ2n) is 8.37. The molecule has 11 heteroatoms. The largest absolute Gasteiger partial charge is 0.465 e. The second kappa shape index (κ2) is 8.57. The molecule has 32 heavy (non-hydrogen) atoms. The Morgan fingerprint density at radius 1 is 1.31 bits per heavy atom. The van der Waals surface area contributed by atoms with E-state index in [0.29, 0.717) is 31.2 Å². The molecule has 1 aliphatic carbocycles. The van der Waals surface area contributed by atoms with Crippen LogP contribution in [0.5, 0.6) is 5.88 Å². The van der Waals surface area contributed by atoms with Crippen molar-refractivity contribution in [3.63, 3.8) is 0 Å². The summed E-state index contributed by atoms with van der Waals surface area (Å²) in [6.45, 7) is 3.76. The molecule has 4 heterocycles. The quantitative estimate of drug-likeness (QED) is 0.548. The fourth-order valence-electron chi connectivity index (χ4n) is 4.49. The molecule has 0 saturated carbocycles. The molecular weight excluding hydrogens is 419 g/mol. The van der Waals surface area contributed by atoms with Gasteiger partial charge in [-0.25, -0.2) is 14.4 Å². The fourth-order valence-corrected chi connectivity index (χ4v) is 4.49. The van der Waals surface area contributed by atoms with Gasteiger partial charge in [0.15, 0.2) is 18.2 Å². The van der Waals surface area contributed by atoms with E-state index in [4.69, 9.17) is 9.47 Å². The molecule has 0 spiro atoms. The lowest BCUT2D eigenvalue weighted by Gasteiger charge is -2.21. The van der Waals surface area contributed by atoms with Crippen molar-refractivity contribution in [3.05, 3.63) is 35.0 Å². The van der Waals surface area contributed by atoms with Crippen LogP contribution < -0.4 is 20.3 Å². The van der Waals surface area contributed by atoms with Crippen LogP contribution >= 0.6 is 0 Å². The van der Waals surface area contributed by atoms with E-state index < -0.39 is 6.41 Å². The zero-order valence-corrected chi connectivity index (χ0v) is 17.7. The number of carbonyl (C=O) groups excluding carboxylic acids is 1. The third-order valence-electron chi connectivity index (χ3n) is 6.12. The minimum absolute atomic E-state index is 0.0933. The number of nitrogens with one attached hydrogen (secondary N) is 2. The number of aromatic nitrogens is 3. The van der Waals surface area contributed by atoms with E-state index in [1.807, 2.05) is 6.92 Å². The van der Waals surface area contributed by atoms with Gasteiger partial charge in [0.05, 0.1) is 25.0 Å². The van der Waals surface area contributed by atoms with Crippen LogP contribution in [0.3, 0.4) is 0 Å². The third kappa shape index (κ3) is 4.10. The van der Waals surface area contributed by atoms with Crippen molar-refractivity contribution in [3.8, 4) is 5.88 Å². The molecule has 1 saturated heterocycles. The van der Waals surface area contributed by atoms with Gasteiger partial charge < -0.3 is 30.1 Å². The van der Waals surface area contributed by atoms with Crippen molar-refractivity contribution in [2.24, 2.45) is 5.92 Å². The van der Waals surface area contributed by atoms with Crippen LogP contribution in [0.1, 0.15) is 23.2 Å². The zero-order valence-electron chi connectivity index (χ0n) is 17.7. The molecule has 0 radical (unpaired) electrons. The maximum Gasteiger partial charge on any atom is 0.263 e. The van der Waals surface area contributed by atoms with Gasteiger partial charge in [-0.1, -0.05) is 0 Å². The number of nitrogens with zero attached hydrogens (tertiary/aromatic N) is 4. The summed E-state index contributed by atoms with van der Waals surface area (Å²) in [5, 5.41) is 16.3. The van der Waals surface area contributed by atoms with Gasteiger partial charge in [-0.3, -0.25) is 9.78 Å². The highest BCUT2D eigenvalue weighted by Gasteiger charge is 2.33. The van der Waals surface area contributed by atoms with Crippen LogP contribution in [0, 0.1) is 18.7 Å². The van der Waals surface area contributed by atoms with Crippen LogP contribution in [0.2, 0.25) is 0 Å². The highest BCUT2D eigenvalue weighted by molar-refractivity contribution is 5.93. The predicted octanol–water partition coefficient (Wildman–Crippen LogP) is 0.526. The Morgan fingerprint density at radius 2 is 2.16 bits per heavy atom. The average Bonchev–Trinajstić information content (AvgIpc) is 3.38. The summed E-state index contributed by atoms with van der Waals surface area (Å²) >= 11 is 0. The van der Waals surface area contributed by atoms with Gasteiger partial charge in [0.1, 0.15) is 5.82 Å². The van der Waals surface area contributed by atoms with E-state index in [2.05, 4.69) is 25.6 Å². The lowest BCUT2D eigenvalue weighted by molar-refractivity contribution is -0.118. The van der Waals surface area contributed by atoms with Crippen LogP contribution in [-0.4, -0.2) is 64.7 Å². The number of aliphatic hydroxyl groups is 1. The Kier molecular flexibility index (Phi) is 5.62. The molecule has 1 unspecified atom stereocenters. The first kappa shape index (κ1) is 21.0. The number of hydrogen-bond donors (Lipinski definition) is 3. The van der Waals surface area contributed by atoms with Crippen molar-refractivity contribution in [2.45, 2.75) is 38.7 Å². The van der Waals surface area contributed by atoms with Crippen molar-refractivity contribution in [2.75, 3.05) is 36.5 Å². The molecule has 0 aromatic carbocycles. The Balaban J connectivity index is 1.10. The smallest absolute Gasteiger partial charge is 0.263 e. The third-order valence-corrected chi connectivity index (χ3v) is 6.12. The summed E-state index contributed by atoms with van der Waals surface area (Å²) in [4.78, 5) is 25.7. The number of amides is 1. The summed E-state index contributed by atoms with van der Waals surface area (Å²) < 4.78 is 24.9. The molecule has 1 fully saturated rings. The first-order valence-corrected chi connectivity index (χ1v) is 10.7. The maximum absolute atomic E-state index is 14.0. The van der Waals surface area contributed by atoms with Gasteiger partial charge in [-0.15, -0.1) is 0 Å². The lowest BCUT2D eigenvalue weighted by atomic mass is 10.1. The molecule has 0 bridgehead atoms. The minimum Gasteiger partial charge on any atom is -0.465 e. The molecule has 3 aliphatic rings. The summed E-state index contributed by atoms with van der Waals surface area (Å²) in [6.07, 6.45) is 3.72. The van der Waals surface area contributed by atoms with E-state index in [0.717, 1.165) is 36.2 Å². The molecule has 3 atom stereocenters. The summed E-state index contributed by atoms with van der Waals surface area (Å²) in [6, 6.07) is 0. The first-order chi connectivity index (χ1) is 15.5. The molecule has 10 nitrogen and oxygen atoms in total. The highest BCUT2D eigenvalue weighted by Crippen LogP contribution is 2.30. The average molecular weight is 444 g/mol. The summed E-state index contributed by atoms with van der Waals surface area (Å²) in [5.41, 5.74) is 2.76. The van der Waals surface area contributed by atoms with E-state index in [1.165, 1.54) is 12.4 Å². The van der Waals surface area contributed by atoms with Crippen LogP contribution in [0.15, 0.2) is 12.4 Å². The van der Waals surface area contributed by atoms with Crippen LogP contribution in [0.4, 0.5) is 16.0 Å². The fraction of sp³-hybridized carbons (Fsp3) is 0.524. The first-order valence-electron chi connectivity index (χ1n) is 10.7. The number of anilines is 2. The van der Waals surface area contributed by atoms with Gasteiger partial charge >= 0.3 is 0 Å². The topological polar surface area (TPSA) is 122 Å². The van der Waals surface area contributed by atoms with Crippen molar-refractivity contribution in [1.29, 1.82) is 0 Å². The van der Waals surface area contributed by atoms with Crippen LogP contribution in [-0.2, 0) is 22.4 Å². The number of hydrogen-bond acceptors (Lipinski definition) is 9. The zero-order chi connectivity index (χ0) is 22.2. The number of fused-ring (bicyclic) bond motifs is 2. The van der Waals surface area contributed by atoms with Crippen molar-refractivity contribution < 1.29 is 23.8 Å². The van der Waals surface area contributed by atoms with Gasteiger partial charge in [0, 0.05) is 5.69 Å². The normalized spacial score (nSPS) is 24.2. The molecule has 170 valence electrons. The van der Waals surface area contributed by atoms with E-state index in [1.54, 1.807) is 4.90 Å². The van der Waals surface area contributed by atoms with Gasteiger partial charge in [0.2, 0.25) is 6.41 Å². The van der Waals surface area contributed by atoms with Gasteiger partial charge in [0.25, 0.3) is 11.8 Å². The molecule has 1 amide bonds. The molecule has 2 aromatic rings. The van der Waals surface area contributed by atoms with Crippen molar-refractivity contribution in [1.82, 2.24) is 20.3 Å². The van der Waals surface area contributed by atoms with E-state index in [9.17, 15) is 14.3 Å². The number of ether oxygens (including phenoxy) is 2. The standard InChI is InChI=1S/C21H25FN6O4/c1-11-14-4-12(5-15(14)16(22)7-24-11)6-23-3-2-13-9-28(21(30)32-13)17-8-25-20-19(26-17)27-18(29)10-31-20/h7-8,12-13,21,23,30H,2-6,9-10H2,1H3,(H,26,27,29)/t12-,13-,21?/m1/s1. The van der Waals surface area contributed by atoms with Crippen LogP contribution in [0.25, 0.3) is 0 Å². The predicted molar refractivity (Wildman–Crippen MR) is 112 cm³/mol. The highest BCUT2D eigenvalue weighted by atomic mass is 19.1. The monoisotopic (exact) mass is 444 g/mol. The molecule has 3 N–H and O–H groups in total. The molecule has 5 rings (SSSR count). The summed E-state index contributed by atoms with van der Waals surface area (Å²) in [7, 11) is 0. The Labute approximate surface area is 184 Å².